The van der Waals surface area contributed by atoms with Crippen molar-refractivity contribution in [2.75, 3.05) is 6.61 Å². The van der Waals surface area contributed by atoms with Crippen LogP contribution < -0.4 is 0 Å². The Morgan fingerprint density at radius 1 is 0.895 bits per heavy atom. The van der Waals surface area contributed by atoms with Crippen molar-refractivity contribution in [1.82, 2.24) is 0 Å². The molecule has 0 aliphatic heterocycles. The summed E-state index contributed by atoms with van der Waals surface area (Å²) in [5.41, 5.74) is 0. The van der Waals surface area contributed by atoms with Crippen LogP contribution in [0, 0.1) is 0 Å². The van der Waals surface area contributed by atoms with Crippen LogP contribution in [0.25, 0.3) is 0 Å². The van der Waals surface area contributed by atoms with Gasteiger partial charge in [0.1, 0.15) is 5.38 Å². The highest BCUT2D eigenvalue weighted by Gasteiger charge is 2.15. The molecule has 0 aromatic carbocycles. The van der Waals surface area contributed by atoms with E-state index in [1.54, 1.807) is 0 Å². The first-order chi connectivity index (χ1) is 9.22. The van der Waals surface area contributed by atoms with Gasteiger partial charge in [-0.3, -0.25) is 4.79 Å². The molecule has 0 aliphatic carbocycles. The summed E-state index contributed by atoms with van der Waals surface area (Å²) >= 11 is 6.04. The van der Waals surface area contributed by atoms with Crippen LogP contribution in [-0.2, 0) is 9.53 Å². The number of carbonyl (C=O) groups excluding carboxylic acids is 1. The van der Waals surface area contributed by atoms with E-state index in [0.29, 0.717) is 6.61 Å². The molecule has 0 spiro atoms. The Bertz CT molecular complexity index is 207. The first-order valence-electron chi connectivity index (χ1n) is 8.03. The van der Waals surface area contributed by atoms with Gasteiger partial charge < -0.3 is 4.74 Å². The van der Waals surface area contributed by atoms with Gasteiger partial charge in [-0.05, 0) is 12.8 Å². The molecule has 0 radical (unpaired) electrons. The van der Waals surface area contributed by atoms with Crippen molar-refractivity contribution < 1.29 is 9.53 Å². The number of rotatable bonds is 13. The third kappa shape index (κ3) is 12.5. The number of alkyl halides is 1. The van der Waals surface area contributed by atoms with E-state index in [1.165, 1.54) is 44.9 Å². The summed E-state index contributed by atoms with van der Waals surface area (Å²) < 4.78 is 5.18. The highest BCUT2D eigenvalue weighted by atomic mass is 35.5. The van der Waals surface area contributed by atoms with Gasteiger partial charge in [0.15, 0.2) is 0 Å². The third-order valence-electron chi connectivity index (χ3n) is 3.31. The lowest BCUT2D eigenvalue weighted by atomic mass is 10.1. The minimum atomic E-state index is -0.447. The Morgan fingerprint density at radius 3 is 2.05 bits per heavy atom. The van der Waals surface area contributed by atoms with Crippen LogP contribution in [0.5, 0.6) is 0 Å². The number of unbranched alkanes of at least 4 members (excludes halogenated alkanes) is 8. The van der Waals surface area contributed by atoms with Gasteiger partial charge in [0.2, 0.25) is 0 Å². The summed E-state index contributed by atoms with van der Waals surface area (Å²) in [6, 6.07) is 0. The average Bonchev–Trinajstić information content (AvgIpc) is 2.42. The summed E-state index contributed by atoms with van der Waals surface area (Å²) in [6.07, 6.45) is 12.6. The van der Waals surface area contributed by atoms with Crippen LogP contribution in [0.1, 0.15) is 84.5 Å². The zero-order chi connectivity index (χ0) is 14.3. The molecule has 0 rings (SSSR count). The molecule has 3 heteroatoms. The molecular weight excluding hydrogens is 260 g/mol. The molecule has 0 aliphatic rings. The molecule has 2 nitrogen and oxygen atoms in total. The van der Waals surface area contributed by atoms with Crippen molar-refractivity contribution in [3.8, 4) is 0 Å². The van der Waals surface area contributed by atoms with Gasteiger partial charge in [0.05, 0.1) is 6.61 Å². The SMILES string of the molecule is CCCCCCCCC(Cl)C(=O)OCCCCCC. The van der Waals surface area contributed by atoms with E-state index >= 15 is 0 Å². The second-order valence-corrected chi connectivity index (χ2v) is 5.78. The molecule has 0 bridgehead atoms. The fraction of sp³-hybridized carbons (Fsp3) is 0.938. The Hall–Kier alpha value is -0.240. The molecule has 0 saturated carbocycles. The van der Waals surface area contributed by atoms with Gasteiger partial charge in [-0.2, -0.15) is 0 Å². The van der Waals surface area contributed by atoms with Gasteiger partial charge in [0, 0.05) is 0 Å². The van der Waals surface area contributed by atoms with E-state index in [1.807, 2.05) is 0 Å². The van der Waals surface area contributed by atoms with Crippen molar-refractivity contribution in [3.05, 3.63) is 0 Å². The van der Waals surface area contributed by atoms with Gasteiger partial charge in [-0.1, -0.05) is 71.6 Å². The van der Waals surface area contributed by atoms with Crippen molar-refractivity contribution in [2.45, 2.75) is 89.9 Å². The number of carbonyl (C=O) groups is 1. The van der Waals surface area contributed by atoms with E-state index < -0.39 is 5.38 Å². The van der Waals surface area contributed by atoms with Crippen LogP contribution in [0.15, 0.2) is 0 Å². The third-order valence-corrected chi connectivity index (χ3v) is 3.71. The summed E-state index contributed by atoms with van der Waals surface area (Å²) in [5, 5.41) is -0.447. The van der Waals surface area contributed by atoms with Crippen molar-refractivity contribution in [1.29, 1.82) is 0 Å². The van der Waals surface area contributed by atoms with Gasteiger partial charge in [-0.15, -0.1) is 11.6 Å². The fourth-order valence-electron chi connectivity index (χ4n) is 2.01. The predicted molar refractivity (Wildman–Crippen MR) is 82.7 cm³/mol. The van der Waals surface area contributed by atoms with Crippen LogP contribution in [0.2, 0.25) is 0 Å². The highest BCUT2D eigenvalue weighted by molar-refractivity contribution is 6.29. The van der Waals surface area contributed by atoms with Gasteiger partial charge in [-0.25, -0.2) is 0 Å². The first-order valence-corrected chi connectivity index (χ1v) is 8.46. The lowest BCUT2D eigenvalue weighted by Crippen LogP contribution is -2.18. The lowest BCUT2D eigenvalue weighted by Gasteiger charge is -2.09. The smallest absolute Gasteiger partial charge is 0.324 e. The van der Waals surface area contributed by atoms with Crippen LogP contribution in [-0.4, -0.2) is 18.0 Å². The number of halogens is 1. The van der Waals surface area contributed by atoms with E-state index in [0.717, 1.165) is 25.7 Å². The molecule has 19 heavy (non-hydrogen) atoms. The maximum absolute atomic E-state index is 11.6. The summed E-state index contributed by atoms with van der Waals surface area (Å²) in [5.74, 6) is -0.230. The summed E-state index contributed by atoms with van der Waals surface area (Å²) in [4.78, 5) is 11.6. The van der Waals surface area contributed by atoms with E-state index in [9.17, 15) is 4.79 Å². The van der Waals surface area contributed by atoms with Gasteiger partial charge >= 0.3 is 5.97 Å². The largest absolute Gasteiger partial charge is 0.465 e. The molecule has 1 atom stereocenters. The lowest BCUT2D eigenvalue weighted by molar-refractivity contribution is -0.143. The normalized spacial score (nSPS) is 12.4. The molecule has 1 unspecified atom stereocenters. The van der Waals surface area contributed by atoms with Crippen LogP contribution in [0.4, 0.5) is 0 Å². The predicted octanol–water partition coefficient (Wildman–Crippen LogP) is 5.47. The molecule has 0 heterocycles. The van der Waals surface area contributed by atoms with E-state index in [-0.39, 0.29) is 5.97 Å². The van der Waals surface area contributed by atoms with Crippen molar-refractivity contribution in [2.24, 2.45) is 0 Å². The van der Waals surface area contributed by atoms with Crippen LogP contribution in [0.3, 0.4) is 0 Å². The maximum atomic E-state index is 11.6. The molecule has 0 N–H and O–H groups in total. The zero-order valence-corrected chi connectivity index (χ0v) is 13.5. The number of esters is 1. The number of hydrogen-bond acceptors (Lipinski definition) is 2. The number of ether oxygens (including phenoxy) is 1. The fourth-order valence-corrected chi connectivity index (χ4v) is 2.23. The van der Waals surface area contributed by atoms with E-state index in [4.69, 9.17) is 16.3 Å². The summed E-state index contributed by atoms with van der Waals surface area (Å²) in [6.45, 7) is 4.91. The van der Waals surface area contributed by atoms with Gasteiger partial charge in [0.25, 0.3) is 0 Å². The molecule has 0 fully saturated rings. The molecule has 0 saturated heterocycles. The Balaban J connectivity index is 3.38. The van der Waals surface area contributed by atoms with E-state index in [2.05, 4.69) is 13.8 Å². The monoisotopic (exact) mass is 290 g/mol. The van der Waals surface area contributed by atoms with Crippen molar-refractivity contribution in [3.63, 3.8) is 0 Å². The quantitative estimate of drug-likeness (QED) is 0.255. The minimum Gasteiger partial charge on any atom is -0.465 e. The molecule has 0 amide bonds. The summed E-state index contributed by atoms with van der Waals surface area (Å²) in [7, 11) is 0. The van der Waals surface area contributed by atoms with Crippen molar-refractivity contribution >= 4 is 17.6 Å². The minimum absolute atomic E-state index is 0.230. The highest BCUT2D eigenvalue weighted by Crippen LogP contribution is 2.13. The molecule has 0 aromatic heterocycles. The zero-order valence-electron chi connectivity index (χ0n) is 12.8. The Kier molecular flexibility index (Phi) is 14.0. The Morgan fingerprint density at radius 2 is 1.42 bits per heavy atom. The standard InChI is InChI=1S/C16H31ClO2/c1-3-5-7-9-10-11-13-15(17)16(18)19-14-12-8-6-4-2/h15H,3-14H2,1-2H3. The maximum Gasteiger partial charge on any atom is 0.324 e. The molecular formula is C16H31ClO2. The Labute approximate surface area is 124 Å². The number of hydrogen-bond donors (Lipinski definition) is 0. The first kappa shape index (κ1) is 18.8. The molecule has 0 aromatic rings. The second kappa shape index (κ2) is 14.2. The topological polar surface area (TPSA) is 26.3 Å². The van der Waals surface area contributed by atoms with Crippen LogP contribution >= 0.6 is 11.6 Å². The molecule has 114 valence electrons. The average molecular weight is 291 g/mol. The second-order valence-electron chi connectivity index (χ2n) is 5.25.